The molecular formula is C19H22N4O2. The molecule has 1 aliphatic carbocycles. The highest BCUT2D eigenvalue weighted by atomic mass is 16.5. The first-order valence-corrected chi connectivity index (χ1v) is 8.74. The number of carbonyl (C=O) groups is 1. The zero-order valence-electron chi connectivity index (χ0n) is 14.3. The van der Waals surface area contributed by atoms with Gasteiger partial charge in [-0.3, -0.25) is 4.79 Å². The highest BCUT2D eigenvalue weighted by Gasteiger charge is 2.30. The van der Waals surface area contributed by atoms with E-state index in [-0.39, 0.29) is 11.9 Å². The van der Waals surface area contributed by atoms with Crippen molar-refractivity contribution in [3.05, 3.63) is 53.6 Å². The first-order chi connectivity index (χ1) is 12.3. The van der Waals surface area contributed by atoms with E-state index in [1.165, 1.54) is 0 Å². The molecule has 0 radical (unpaired) electrons. The van der Waals surface area contributed by atoms with Gasteiger partial charge < -0.3 is 15.0 Å². The second-order valence-electron chi connectivity index (χ2n) is 6.60. The van der Waals surface area contributed by atoms with Gasteiger partial charge in [-0.1, -0.05) is 12.1 Å². The van der Waals surface area contributed by atoms with Crippen LogP contribution in [0.25, 0.3) is 0 Å². The second kappa shape index (κ2) is 6.80. The third-order valence-corrected chi connectivity index (χ3v) is 4.87. The maximum Gasteiger partial charge on any atom is 0.257 e. The van der Waals surface area contributed by atoms with Gasteiger partial charge >= 0.3 is 0 Å². The van der Waals surface area contributed by atoms with Crippen molar-refractivity contribution in [2.24, 2.45) is 0 Å². The fourth-order valence-electron chi connectivity index (χ4n) is 3.24. The van der Waals surface area contributed by atoms with Crippen LogP contribution in [0.15, 0.2) is 36.7 Å². The van der Waals surface area contributed by atoms with Crippen LogP contribution in [0.4, 0.5) is 0 Å². The van der Waals surface area contributed by atoms with E-state index >= 15 is 0 Å². The Balaban J connectivity index is 1.55. The van der Waals surface area contributed by atoms with Crippen molar-refractivity contribution in [1.82, 2.24) is 20.2 Å². The lowest BCUT2D eigenvalue weighted by Crippen LogP contribution is -2.48. The second-order valence-corrected chi connectivity index (χ2v) is 6.60. The van der Waals surface area contributed by atoms with Gasteiger partial charge in [0, 0.05) is 37.9 Å². The number of benzene rings is 1. The van der Waals surface area contributed by atoms with Crippen LogP contribution in [0.5, 0.6) is 5.75 Å². The molecule has 1 atom stereocenters. The number of ether oxygens (including phenoxy) is 1. The number of aromatic nitrogens is 2. The zero-order chi connectivity index (χ0) is 17.2. The highest BCUT2D eigenvalue weighted by molar-refractivity contribution is 5.94. The number of piperazine rings is 1. The summed E-state index contributed by atoms with van der Waals surface area (Å²) in [6, 6.07) is 7.89. The zero-order valence-corrected chi connectivity index (χ0v) is 14.3. The molecule has 4 rings (SSSR count). The first kappa shape index (κ1) is 16.0. The van der Waals surface area contributed by atoms with E-state index in [0.29, 0.717) is 18.0 Å². The van der Waals surface area contributed by atoms with Crippen molar-refractivity contribution >= 4 is 5.91 Å². The Hall–Kier alpha value is -2.47. The quantitative estimate of drug-likeness (QED) is 0.925. The van der Waals surface area contributed by atoms with Crippen molar-refractivity contribution in [3.63, 3.8) is 0 Å². The predicted octanol–water partition coefficient (Wildman–Crippen LogP) is 2.15. The number of rotatable bonds is 4. The average Bonchev–Trinajstić information content (AvgIpc) is 3.53. The molecule has 25 heavy (non-hydrogen) atoms. The molecule has 6 nitrogen and oxygen atoms in total. The van der Waals surface area contributed by atoms with Gasteiger partial charge in [-0.2, -0.15) is 0 Å². The maximum atomic E-state index is 13.0. The van der Waals surface area contributed by atoms with E-state index in [4.69, 9.17) is 4.74 Å². The minimum Gasteiger partial charge on any atom is -0.497 e. The number of hydrogen-bond donors (Lipinski definition) is 1. The van der Waals surface area contributed by atoms with Gasteiger partial charge in [-0.25, -0.2) is 9.97 Å². The fraction of sp³-hybridized carbons (Fsp3) is 0.421. The Kier molecular flexibility index (Phi) is 4.36. The lowest BCUT2D eigenvalue weighted by atomic mass is 10.0. The largest absolute Gasteiger partial charge is 0.497 e. The molecule has 6 heteroatoms. The molecule has 1 aliphatic heterocycles. The highest BCUT2D eigenvalue weighted by Crippen LogP contribution is 2.37. The Morgan fingerprint density at radius 3 is 2.56 bits per heavy atom. The molecule has 1 aromatic carbocycles. The van der Waals surface area contributed by atoms with Gasteiger partial charge in [0.2, 0.25) is 0 Å². The molecule has 130 valence electrons. The summed E-state index contributed by atoms with van der Waals surface area (Å²) >= 11 is 0. The molecule has 2 aliphatic rings. The van der Waals surface area contributed by atoms with Crippen molar-refractivity contribution in [2.75, 3.05) is 26.7 Å². The minimum absolute atomic E-state index is 0.00438. The third-order valence-electron chi connectivity index (χ3n) is 4.87. The van der Waals surface area contributed by atoms with Crippen LogP contribution in [0, 0.1) is 0 Å². The summed E-state index contributed by atoms with van der Waals surface area (Å²) < 4.78 is 5.22. The molecule has 2 heterocycles. The van der Waals surface area contributed by atoms with E-state index in [1.54, 1.807) is 19.5 Å². The van der Waals surface area contributed by atoms with Crippen LogP contribution in [0.2, 0.25) is 0 Å². The Morgan fingerprint density at radius 1 is 1.20 bits per heavy atom. The van der Waals surface area contributed by atoms with Crippen LogP contribution >= 0.6 is 0 Å². The fourth-order valence-corrected chi connectivity index (χ4v) is 3.24. The average molecular weight is 338 g/mol. The SMILES string of the molecule is COc1ccc([C@@H]2CNCCN2C(=O)c2cnc(C3CC3)nc2)cc1. The summed E-state index contributed by atoms with van der Waals surface area (Å²) in [4.78, 5) is 23.7. The monoisotopic (exact) mass is 338 g/mol. The number of nitrogens with zero attached hydrogens (tertiary/aromatic N) is 3. The number of hydrogen-bond acceptors (Lipinski definition) is 5. The van der Waals surface area contributed by atoms with Gasteiger partial charge in [0.1, 0.15) is 11.6 Å². The Bertz CT molecular complexity index is 741. The van der Waals surface area contributed by atoms with Gasteiger partial charge in [-0.05, 0) is 30.5 Å². The molecule has 2 fully saturated rings. The summed E-state index contributed by atoms with van der Waals surface area (Å²) in [5.74, 6) is 2.16. The summed E-state index contributed by atoms with van der Waals surface area (Å²) in [6.07, 6.45) is 5.67. The number of nitrogens with one attached hydrogen (secondary N) is 1. The van der Waals surface area contributed by atoms with E-state index in [9.17, 15) is 4.79 Å². The van der Waals surface area contributed by atoms with E-state index < -0.39 is 0 Å². The van der Waals surface area contributed by atoms with Crippen LogP contribution in [0.3, 0.4) is 0 Å². The van der Waals surface area contributed by atoms with Crippen LogP contribution in [0.1, 0.15) is 46.5 Å². The minimum atomic E-state index is -0.00957. The van der Waals surface area contributed by atoms with Gasteiger partial charge in [0.05, 0.1) is 18.7 Å². The smallest absolute Gasteiger partial charge is 0.257 e. The predicted molar refractivity (Wildman–Crippen MR) is 93.6 cm³/mol. The maximum absolute atomic E-state index is 13.0. The van der Waals surface area contributed by atoms with E-state index in [1.807, 2.05) is 29.2 Å². The van der Waals surface area contributed by atoms with Crippen molar-refractivity contribution in [2.45, 2.75) is 24.8 Å². The van der Waals surface area contributed by atoms with Gasteiger partial charge in [-0.15, -0.1) is 0 Å². The number of carbonyl (C=O) groups excluding carboxylic acids is 1. The summed E-state index contributed by atoms with van der Waals surface area (Å²) in [6.45, 7) is 2.19. The standard InChI is InChI=1S/C19H22N4O2/c1-25-16-6-4-13(5-7-16)17-12-20-8-9-23(17)19(24)15-10-21-18(22-11-15)14-2-3-14/h4-7,10-11,14,17,20H,2-3,8-9,12H2,1H3/t17-/m0/s1. The topological polar surface area (TPSA) is 67.3 Å². The molecule has 0 unspecified atom stereocenters. The number of amides is 1. The Morgan fingerprint density at radius 2 is 1.92 bits per heavy atom. The molecular weight excluding hydrogens is 316 g/mol. The van der Waals surface area contributed by atoms with E-state index in [0.717, 1.165) is 43.1 Å². The van der Waals surface area contributed by atoms with Crippen molar-refractivity contribution in [1.29, 1.82) is 0 Å². The van der Waals surface area contributed by atoms with Gasteiger partial charge in [0.25, 0.3) is 5.91 Å². The Labute approximate surface area is 147 Å². The van der Waals surface area contributed by atoms with Crippen LogP contribution in [-0.4, -0.2) is 47.5 Å². The van der Waals surface area contributed by atoms with Gasteiger partial charge in [0.15, 0.2) is 0 Å². The molecule has 1 saturated carbocycles. The summed E-state index contributed by atoms with van der Waals surface area (Å²) in [5.41, 5.74) is 1.65. The molecule has 2 aromatic rings. The molecule has 0 spiro atoms. The van der Waals surface area contributed by atoms with E-state index in [2.05, 4.69) is 15.3 Å². The third kappa shape index (κ3) is 3.35. The lowest BCUT2D eigenvalue weighted by Gasteiger charge is -2.36. The number of methoxy groups -OCH3 is 1. The van der Waals surface area contributed by atoms with Crippen LogP contribution < -0.4 is 10.1 Å². The molecule has 1 N–H and O–H groups in total. The molecule has 1 aromatic heterocycles. The van der Waals surface area contributed by atoms with Crippen molar-refractivity contribution < 1.29 is 9.53 Å². The summed E-state index contributed by atoms with van der Waals surface area (Å²) in [7, 11) is 1.65. The van der Waals surface area contributed by atoms with Crippen molar-refractivity contribution in [3.8, 4) is 5.75 Å². The molecule has 0 bridgehead atoms. The lowest BCUT2D eigenvalue weighted by molar-refractivity contribution is 0.0633. The first-order valence-electron chi connectivity index (χ1n) is 8.74. The summed E-state index contributed by atoms with van der Waals surface area (Å²) in [5, 5.41) is 3.37. The molecule has 1 amide bonds. The van der Waals surface area contributed by atoms with Crippen LogP contribution in [-0.2, 0) is 0 Å². The molecule has 1 saturated heterocycles. The normalized spacial score (nSPS) is 20.4.